The molecular weight excluding hydrogens is 805 g/mol. The van der Waals surface area contributed by atoms with E-state index in [4.69, 9.17) is 14.2 Å². The molecule has 0 aromatic rings. The molecule has 0 aromatic heterocycles. The molecule has 0 N–H and O–H groups in total. The van der Waals surface area contributed by atoms with Crippen LogP contribution in [0.5, 0.6) is 0 Å². The van der Waals surface area contributed by atoms with Crippen LogP contribution in [0.1, 0.15) is 290 Å². The van der Waals surface area contributed by atoms with Crippen LogP contribution in [-0.2, 0) is 28.6 Å². The van der Waals surface area contributed by atoms with Gasteiger partial charge in [-0.05, 0) is 57.8 Å². The molecule has 1 atom stereocenters. The first-order valence-electron chi connectivity index (χ1n) is 28.1. The van der Waals surface area contributed by atoms with Crippen molar-refractivity contribution in [3.8, 4) is 0 Å². The Balaban J connectivity index is 4.37. The minimum Gasteiger partial charge on any atom is -0.462 e. The van der Waals surface area contributed by atoms with Crippen molar-refractivity contribution < 1.29 is 28.6 Å². The fourth-order valence-corrected chi connectivity index (χ4v) is 8.14. The Labute approximate surface area is 403 Å². The van der Waals surface area contributed by atoms with Crippen LogP contribution in [0.15, 0.2) is 48.6 Å². The molecule has 0 saturated carbocycles. The molecule has 0 amide bonds. The van der Waals surface area contributed by atoms with Gasteiger partial charge in [-0.15, -0.1) is 0 Å². The molecule has 0 rings (SSSR count). The van der Waals surface area contributed by atoms with E-state index in [1.165, 1.54) is 167 Å². The van der Waals surface area contributed by atoms with Gasteiger partial charge in [0.05, 0.1) is 0 Å². The maximum atomic E-state index is 12.8. The van der Waals surface area contributed by atoms with E-state index in [0.29, 0.717) is 19.3 Å². The molecule has 6 heteroatoms. The Morgan fingerprint density at radius 1 is 0.323 bits per heavy atom. The number of unbranched alkanes of at least 4 members (excludes halogenated alkanes) is 32. The van der Waals surface area contributed by atoms with Crippen molar-refractivity contribution in [3.05, 3.63) is 48.6 Å². The second kappa shape index (κ2) is 54.0. The fraction of sp³-hybridized carbons (Fsp3) is 0.814. The van der Waals surface area contributed by atoms with Gasteiger partial charge in [0.15, 0.2) is 6.10 Å². The molecule has 6 nitrogen and oxygen atoms in total. The Hall–Kier alpha value is -2.63. The van der Waals surface area contributed by atoms with Gasteiger partial charge in [-0.3, -0.25) is 14.4 Å². The van der Waals surface area contributed by atoms with Crippen molar-refractivity contribution in [1.29, 1.82) is 0 Å². The van der Waals surface area contributed by atoms with Crippen molar-refractivity contribution in [3.63, 3.8) is 0 Å². The summed E-state index contributed by atoms with van der Waals surface area (Å²) in [7, 11) is 0. The topological polar surface area (TPSA) is 78.9 Å². The quantitative estimate of drug-likeness (QED) is 0.0262. The van der Waals surface area contributed by atoms with Gasteiger partial charge in [-0.2, -0.15) is 0 Å². The molecule has 0 aromatic carbocycles. The van der Waals surface area contributed by atoms with E-state index >= 15 is 0 Å². The predicted molar refractivity (Wildman–Crippen MR) is 279 cm³/mol. The third-order valence-corrected chi connectivity index (χ3v) is 12.3. The summed E-state index contributed by atoms with van der Waals surface area (Å²) < 4.78 is 16.8. The lowest BCUT2D eigenvalue weighted by Crippen LogP contribution is -2.30. The van der Waals surface area contributed by atoms with Gasteiger partial charge >= 0.3 is 17.9 Å². The van der Waals surface area contributed by atoms with Crippen LogP contribution < -0.4 is 0 Å². The zero-order valence-corrected chi connectivity index (χ0v) is 43.3. The Bertz CT molecular complexity index is 1140. The lowest BCUT2D eigenvalue weighted by molar-refractivity contribution is -0.167. The predicted octanol–water partition coefficient (Wildman–Crippen LogP) is 18.7. The lowest BCUT2D eigenvalue weighted by atomic mass is 10.0. The highest BCUT2D eigenvalue weighted by atomic mass is 16.6. The van der Waals surface area contributed by atoms with Gasteiger partial charge in [0.1, 0.15) is 13.2 Å². The number of rotatable bonds is 51. The van der Waals surface area contributed by atoms with E-state index < -0.39 is 6.10 Å². The van der Waals surface area contributed by atoms with Crippen molar-refractivity contribution >= 4 is 17.9 Å². The van der Waals surface area contributed by atoms with Crippen molar-refractivity contribution in [2.75, 3.05) is 13.2 Å². The molecule has 0 spiro atoms. The average molecular weight is 911 g/mol. The summed E-state index contributed by atoms with van der Waals surface area (Å²) in [6.07, 6.45) is 65.3. The van der Waals surface area contributed by atoms with E-state index in [0.717, 1.165) is 83.5 Å². The van der Waals surface area contributed by atoms with Crippen LogP contribution in [0.4, 0.5) is 0 Å². The van der Waals surface area contributed by atoms with E-state index in [9.17, 15) is 14.4 Å². The summed E-state index contributed by atoms with van der Waals surface area (Å²) in [5, 5.41) is 0. The number of allylic oxidation sites excluding steroid dienone is 8. The van der Waals surface area contributed by atoms with Crippen LogP contribution in [-0.4, -0.2) is 37.2 Å². The number of carbonyl (C=O) groups excluding carboxylic acids is 3. The SMILES string of the molecule is CC/C=C\C/C=C\C/C=C\C/C=C\CCCCC(=O)OC[C@H](COC(=O)CCCCCCCCCCCCCCC)OC(=O)CCCCCCCCCCCCCCCCCCCCC. The van der Waals surface area contributed by atoms with Gasteiger partial charge in [0.25, 0.3) is 0 Å². The summed E-state index contributed by atoms with van der Waals surface area (Å²) in [6.45, 7) is 6.52. The first kappa shape index (κ1) is 62.4. The Kier molecular flexibility index (Phi) is 51.8. The Morgan fingerprint density at radius 3 is 0.938 bits per heavy atom. The number of ether oxygens (including phenoxy) is 3. The summed E-state index contributed by atoms with van der Waals surface area (Å²) in [6, 6.07) is 0. The van der Waals surface area contributed by atoms with Crippen LogP contribution in [0.25, 0.3) is 0 Å². The number of carbonyl (C=O) groups is 3. The normalized spacial score (nSPS) is 12.4. The van der Waals surface area contributed by atoms with E-state index in [1.54, 1.807) is 0 Å². The molecule has 0 heterocycles. The molecular formula is C59H106O6. The average Bonchev–Trinajstić information content (AvgIpc) is 3.30. The molecule has 0 saturated heterocycles. The smallest absolute Gasteiger partial charge is 0.306 e. The summed E-state index contributed by atoms with van der Waals surface area (Å²) in [5.41, 5.74) is 0. The largest absolute Gasteiger partial charge is 0.462 e. The maximum absolute atomic E-state index is 12.8. The van der Waals surface area contributed by atoms with Gasteiger partial charge in [0.2, 0.25) is 0 Å². The van der Waals surface area contributed by atoms with Crippen LogP contribution in [0, 0.1) is 0 Å². The monoisotopic (exact) mass is 911 g/mol. The summed E-state index contributed by atoms with van der Waals surface area (Å²) in [4.78, 5) is 38.1. The molecule has 0 fully saturated rings. The van der Waals surface area contributed by atoms with Crippen LogP contribution in [0.3, 0.4) is 0 Å². The second-order valence-electron chi connectivity index (χ2n) is 18.8. The first-order chi connectivity index (χ1) is 32.0. The van der Waals surface area contributed by atoms with E-state index in [1.807, 2.05) is 0 Å². The first-order valence-corrected chi connectivity index (χ1v) is 28.1. The minimum absolute atomic E-state index is 0.0820. The van der Waals surface area contributed by atoms with Crippen molar-refractivity contribution in [1.82, 2.24) is 0 Å². The van der Waals surface area contributed by atoms with Gasteiger partial charge in [-0.25, -0.2) is 0 Å². The fourth-order valence-electron chi connectivity index (χ4n) is 8.14. The number of esters is 3. The molecule has 0 radical (unpaired) electrons. The second-order valence-corrected chi connectivity index (χ2v) is 18.8. The molecule has 0 aliphatic carbocycles. The van der Waals surface area contributed by atoms with E-state index in [2.05, 4.69) is 69.4 Å². The van der Waals surface area contributed by atoms with Crippen LogP contribution >= 0.6 is 0 Å². The molecule has 378 valence electrons. The highest BCUT2D eigenvalue weighted by Crippen LogP contribution is 2.17. The van der Waals surface area contributed by atoms with Gasteiger partial charge in [0, 0.05) is 19.3 Å². The third-order valence-electron chi connectivity index (χ3n) is 12.3. The zero-order valence-electron chi connectivity index (χ0n) is 43.3. The standard InChI is InChI=1S/C59H106O6/c1-4-7-10-13-16-19-22-25-27-28-29-30-32-35-38-41-44-47-50-53-59(62)65-56(54-63-57(60)51-48-45-42-39-36-33-24-21-18-15-12-9-6-3)55-64-58(61)52-49-46-43-40-37-34-31-26-23-20-17-14-11-8-5-2/h8,11,17,20,26,31,37,40,56H,4-7,9-10,12-16,18-19,21-25,27-30,32-36,38-39,41-55H2,1-3H3/b11-8-,20-17-,31-26-,40-37-/t56-/m0/s1. The van der Waals surface area contributed by atoms with Gasteiger partial charge in [-0.1, -0.05) is 262 Å². The summed E-state index contributed by atoms with van der Waals surface area (Å²) >= 11 is 0. The van der Waals surface area contributed by atoms with Crippen molar-refractivity contribution in [2.45, 2.75) is 297 Å². The molecule has 0 aliphatic rings. The number of hydrogen-bond acceptors (Lipinski definition) is 6. The summed E-state index contributed by atoms with van der Waals surface area (Å²) in [5.74, 6) is -0.910. The zero-order chi connectivity index (χ0) is 47.2. The molecule has 0 aliphatic heterocycles. The molecule has 65 heavy (non-hydrogen) atoms. The highest BCUT2D eigenvalue weighted by molar-refractivity contribution is 5.71. The maximum Gasteiger partial charge on any atom is 0.306 e. The Morgan fingerprint density at radius 2 is 0.600 bits per heavy atom. The van der Waals surface area contributed by atoms with Crippen LogP contribution in [0.2, 0.25) is 0 Å². The number of hydrogen-bond donors (Lipinski definition) is 0. The lowest BCUT2D eigenvalue weighted by Gasteiger charge is -2.18. The van der Waals surface area contributed by atoms with Gasteiger partial charge < -0.3 is 14.2 Å². The third kappa shape index (κ3) is 52.2. The molecule has 0 bridgehead atoms. The van der Waals surface area contributed by atoms with E-state index in [-0.39, 0.29) is 31.1 Å². The molecule has 0 unspecified atom stereocenters. The van der Waals surface area contributed by atoms with Crippen molar-refractivity contribution in [2.24, 2.45) is 0 Å². The minimum atomic E-state index is -0.785. The highest BCUT2D eigenvalue weighted by Gasteiger charge is 2.19.